The molecule has 126 valence electrons. The molecule has 0 saturated carbocycles. The van der Waals surface area contributed by atoms with Crippen molar-refractivity contribution in [2.24, 2.45) is 0 Å². The highest BCUT2D eigenvalue weighted by atomic mass is 32.1. The lowest BCUT2D eigenvalue weighted by molar-refractivity contribution is -0.159. The third-order valence-electron chi connectivity index (χ3n) is 4.03. The van der Waals surface area contributed by atoms with Gasteiger partial charge in [-0.3, -0.25) is 9.59 Å². The van der Waals surface area contributed by atoms with Gasteiger partial charge in [0.1, 0.15) is 12.6 Å². The second-order valence-electron chi connectivity index (χ2n) is 5.81. The minimum atomic E-state index is -0.573. The van der Waals surface area contributed by atoms with E-state index in [1.165, 1.54) is 0 Å². The molecular formula is C18H20N2O3S. The molecule has 1 unspecified atom stereocenters. The Hall–Kier alpha value is -2.18. The summed E-state index contributed by atoms with van der Waals surface area (Å²) in [5, 5.41) is 1.99. The van der Waals surface area contributed by atoms with E-state index in [0.717, 1.165) is 10.4 Å². The molecule has 2 amide bonds. The molecule has 1 aromatic carbocycles. The van der Waals surface area contributed by atoms with E-state index in [2.05, 4.69) is 0 Å². The zero-order valence-electron chi connectivity index (χ0n) is 13.6. The van der Waals surface area contributed by atoms with Gasteiger partial charge in [-0.25, -0.2) is 0 Å². The number of hydrogen-bond acceptors (Lipinski definition) is 4. The number of hydrogen-bond donors (Lipinski definition) is 0. The van der Waals surface area contributed by atoms with Crippen LogP contribution in [0.4, 0.5) is 0 Å². The second-order valence-corrected chi connectivity index (χ2v) is 6.84. The van der Waals surface area contributed by atoms with Gasteiger partial charge in [0.2, 0.25) is 11.8 Å². The van der Waals surface area contributed by atoms with Crippen LogP contribution in [0.2, 0.25) is 0 Å². The van der Waals surface area contributed by atoms with Gasteiger partial charge in [0.05, 0.1) is 13.2 Å². The van der Waals surface area contributed by atoms with Gasteiger partial charge in [0.25, 0.3) is 0 Å². The van der Waals surface area contributed by atoms with E-state index >= 15 is 0 Å². The Kier molecular flexibility index (Phi) is 5.27. The molecule has 1 aromatic heterocycles. The minimum Gasteiger partial charge on any atom is -0.369 e. The molecule has 1 aliphatic rings. The molecule has 1 fully saturated rings. The van der Waals surface area contributed by atoms with Crippen LogP contribution in [0.25, 0.3) is 0 Å². The Balaban J connectivity index is 1.73. The van der Waals surface area contributed by atoms with E-state index < -0.39 is 6.04 Å². The average molecular weight is 344 g/mol. The van der Waals surface area contributed by atoms with Crippen LogP contribution < -0.4 is 0 Å². The average Bonchev–Trinajstić information content (AvgIpc) is 3.10. The monoisotopic (exact) mass is 344 g/mol. The summed E-state index contributed by atoms with van der Waals surface area (Å²) in [5.41, 5.74) is 1.01. The number of likely N-dealkylation sites (N-methyl/N-ethyl adjacent to an activating group) is 1. The number of thiophene rings is 1. The van der Waals surface area contributed by atoms with Crippen molar-refractivity contribution >= 4 is 23.2 Å². The molecule has 5 nitrogen and oxygen atoms in total. The van der Waals surface area contributed by atoms with Gasteiger partial charge in [-0.1, -0.05) is 36.4 Å². The Morgan fingerprint density at radius 1 is 1.29 bits per heavy atom. The van der Waals surface area contributed by atoms with Crippen LogP contribution in [0.5, 0.6) is 0 Å². The first-order valence-corrected chi connectivity index (χ1v) is 8.71. The normalized spacial score (nSPS) is 17.8. The fourth-order valence-electron chi connectivity index (χ4n) is 2.76. The minimum absolute atomic E-state index is 0.0330. The molecule has 24 heavy (non-hydrogen) atoms. The van der Waals surface area contributed by atoms with Crippen molar-refractivity contribution < 1.29 is 14.3 Å². The summed E-state index contributed by atoms with van der Waals surface area (Å²) >= 11 is 1.61. The molecule has 2 heterocycles. The van der Waals surface area contributed by atoms with E-state index in [9.17, 15) is 9.59 Å². The van der Waals surface area contributed by atoms with Crippen molar-refractivity contribution in [3.63, 3.8) is 0 Å². The van der Waals surface area contributed by atoms with Crippen LogP contribution in [0, 0.1) is 0 Å². The van der Waals surface area contributed by atoms with Gasteiger partial charge < -0.3 is 14.5 Å². The molecule has 0 N–H and O–H groups in total. The molecule has 0 bridgehead atoms. The lowest BCUT2D eigenvalue weighted by atomic mass is 10.1. The van der Waals surface area contributed by atoms with Gasteiger partial charge in [-0.15, -0.1) is 11.3 Å². The first-order valence-electron chi connectivity index (χ1n) is 7.83. The maximum absolute atomic E-state index is 12.8. The summed E-state index contributed by atoms with van der Waals surface area (Å²) in [6, 6.07) is 13.1. The molecule has 2 aromatic rings. The Morgan fingerprint density at radius 2 is 2.08 bits per heavy atom. The summed E-state index contributed by atoms with van der Waals surface area (Å²) in [7, 11) is 1.77. The third kappa shape index (κ3) is 3.83. The number of nitrogens with zero attached hydrogens (tertiary/aromatic N) is 2. The zero-order valence-corrected chi connectivity index (χ0v) is 14.4. The topological polar surface area (TPSA) is 49.9 Å². The number of carbonyl (C=O) groups excluding carboxylic acids is 2. The van der Waals surface area contributed by atoms with Crippen molar-refractivity contribution in [1.29, 1.82) is 0 Å². The molecule has 1 aliphatic heterocycles. The van der Waals surface area contributed by atoms with E-state index in [1.54, 1.807) is 28.2 Å². The maximum Gasteiger partial charge on any atom is 0.249 e. The van der Waals surface area contributed by atoms with Crippen molar-refractivity contribution in [3.8, 4) is 0 Å². The Labute approximate surface area is 145 Å². The number of morpholine rings is 1. The SMILES string of the molecule is CN(Cc1cccs1)C(=O)C1COCC(=O)N1Cc1ccccc1. The van der Waals surface area contributed by atoms with Gasteiger partial charge >= 0.3 is 0 Å². The Bertz CT molecular complexity index is 688. The highest BCUT2D eigenvalue weighted by molar-refractivity contribution is 7.09. The van der Waals surface area contributed by atoms with E-state index in [-0.39, 0.29) is 25.0 Å². The molecular weight excluding hydrogens is 324 g/mol. The third-order valence-corrected chi connectivity index (χ3v) is 4.89. The molecule has 0 aliphatic carbocycles. The highest BCUT2D eigenvalue weighted by Gasteiger charge is 2.35. The van der Waals surface area contributed by atoms with Crippen molar-refractivity contribution in [2.75, 3.05) is 20.3 Å². The molecule has 1 atom stereocenters. The molecule has 0 spiro atoms. The van der Waals surface area contributed by atoms with Gasteiger partial charge in [-0.2, -0.15) is 0 Å². The maximum atomic E-state index is 12.8. The van der Waals surface area contributed by atoms with Crippen LogP contribution in [-0.4, -0.2) is 47.9 Å². The van der Waals surface area contributed by atoms with Gasteiger partial charge in [0, 0.05) is 18.5 Å². The lowest BCUT2D eigenvalue weighted by Crippen LogP contribution is -2.56. The second kappa shape index (κ2) is 7.59. The Morgan fingerprint density at radius 3 is 2.79 bits per heavy atom. The van der Waals surface area contributed by atoms with Crippen LogP contribution in [-0.2, 0) is 27.4 Å². The lowest BCUT2D eigenvalue weighted by Gasteiger charge is -2.36. The van der Waals surface area contributed by atoms with Crippen LogP contribution in [0.15, 0.2) is 47.8 Å². The van der Waals surface area contributed by atoms with Crippen LogP contribution in [0.3, 0.4) is 0 Å². The van der Waals surface area contributed by atoms with E-state index in [4.69, 9.17) is 4.74 Å². The van der Waals surface area contributed by atoms with E-state index in [0.29, 0.717) is 13.1 Å². The first-order chi connectivity index (χ1) is 11.6. The fraction of sp³-hybridized carbons (Fsp3) is 0.333. The van der Waals surface area contributed by atoms with Gasteiger partial charge in [-0.05, 0) is 17.0 Å². The number of ether oxygens (including phenoxy) is 1. The van der Waals surface area contributed by atoms with Gasteiger partial charge in [0.15, 0.2) is 0 Å². The molecule has 6 heteroatoms. The molecule has 1 saturated heterocycles. The smallest absolute Gasteiger partial charge is 0.249 e. The summed E-state index contributed by atoms with van der Waals surface area (Å²) in [5.74, 6) is -0.236. The molecule has 3 rings (SSSR count). The first kappa shape index (κ1) is 16.7. The fourth-order valence-corrected chi connectivity index (χ4v) is 3.51. The summed E-state index contributed by atoms with van der Waals surface area (Å²) < 4.78 is 5.33. The summed E-state index contributed by atoms with van der Waals surface area (Å²) in [6.45, 7) is 1.24. The predicted octanol–water partition coefficient (Wildman–Crippen LogP) is 2.13. The van der Waals surface area contributed by atoms with Crippen molar-refractivity contribution in [1.82, 2.24) is 9.80 Å². The quantitative estimate of drug-likeness (QED) is 0.835. The largest absolute Gasteiger partial charge is 0.369 e. The van der Waals surface area contributed by atoms with Crippen LogP contribution in [0.1, 0.15) is 10.4 Å². The van der Waals surface area contributed by atoms with Crippen LogP contribution >= 0.6 is 11.3 Å². The van der Waals surface area contributed by atoms with E-state index in [1.807, 2.05) is 47.8 Å². The van der Waals surface area contributed by atoms with Crippen molar-refractivity contribution in [2.45, 2.75) is 19.1 Å². The zero-order chi connectivity index (χ0) is 16.9. The number of benzene rings is 1. The summed E-state index contributed by atoms with van der Waals surface area (Å²) in [6.07, 6.45) is 0. The highest BCUT2D eigenvalue weighted by Crippen LogP contribution is 2.17. The number of amides is 2. The standard InChI is InChI=1S/C18H20N2O3S/c1-19(11-15-8-5-9-24-15)18(22)16-12-23-13-17(21)20(16)10-14-6-3-2-4-7-14/h2-9,16H,10-13H2,1H3. The predicted molar refractivity (Wildman–Crippen MR) is 92.4 cm³/mol. The number of carbonyl (C=O) groups is 2. The van der Waals surface area contributed by atoms with Crippen molar-refractivity contribution in [3.05, 3.63) is 58.3 Å². The summed E-state index contributed by atoms with van der Waals surface area (Å²) in [4.78, 5) is 29.5. The number of rotatable bonds is 5. The molecule has 0 radical (unpaired) electrons.